The first-order valence-corrected chi connectivity index (χ1v) is 6.71. The zero-order chi connectivity index (χ0) is 13.8. The molecular weight excluding hydrogens is 237 g/mol. The number of hydrogen-bond acceptors (Lipinski definition) is 1. The lowest BCUT2D eigenvalue weighted by Gasteiger charge is -2.13. The van der Waals surface area contributed by atoms with Crippen molar-refractivity contribution in [1.82, 2.24) is 5.32 Å². The van der Waals surface area contributed by atoms with Gasteiger partial charge in [-0.05, 0) is 54.8 Å². The van der Waals surface area contributed by atoms with Gasteiger partial charge in [0.1, 0.15) is 5.82 Å². The van der Waals surface area contributed by atoms with Crippen molar-refractivity contribution in [3.8, 4) is 11.1 Å². The summed E-state index contributed by atoms with van der Waals surface area (Å²) < 4.78 is 13.3. The Balaban J connectivity index is 2.29. The zero-order valence-electron chi connectivity index (χ0n) is 11.7. The van der Waals surface area contributed by atoms with Gasteiger partial charge in [-0.3, -0.25) is 0 Å². The van der Waals surface area contributed by atoms with Crippen LogP contribution in [0.1, 0.15) is 31.0 Å². The van der Waals surface area contributed by atoms with E-state index >= 15 is 0 Å². The fraction of sp³-hybridized carbons (Fsp3) is 0.294. The largest absolute Gasteiger partial charge is 0.310 e. The van der Waals surface area contributed by atoms with Crippen molar-refractivity contribution in [3.05, 3.63) is 59.4 Å². The first-order valence-electron chi connectivity index (χ1n) is 6.71. The lowest BCUT2D eigenvalue weighted by molar-refractivity contribution is 0.598. The van der Waals surface area contributed by atoms with Crippen LogP contribution in [-0.2, 0) is 0 Å². The molecule has 0 saturated carbocycles. The van der Waals surface area contributed by atoms with Crippen LogP contribution in [0.15, 0.2) is 42.5 Å². The fourth-order valence-corrected chi connectivity index (χ4v) is 2.28. The third-order valence-corrected chi connectivity index (χ3v) is 3.43. The molecular formula is C17H20FN. The first-order chi connectivity index (χ1) is 9.11. The maximum Gasteiger partial charge on any atom is 0.123 e. The van der Waals surface area contributed by atoms with Crippen molar-refractivity contribution in [2.24, 2.45) is 0 Å². The molecule has 0 bridgehead atoms. The lowest BCUT2D eigenvalue weighted by Crippen LogP contribution is -2.17. The Morgan fingerprint density at radius 3 is 2.42 bits per heavy atom. The topological polar surface area (TPSA) is 12.0 Å². The highest BCUT2D eigenvalue weighted by atomic mass is 19.1. The van der Waals surface area contributed by atoms with Crippen LogP contribution in [0.3, 0.4) is 0 Å². The SMILES string of the molecule is CCNC(C)c1ccc(-c2cc(F)ccc2C)cc1. The maximum absolute atomic E-state index is 13.3. The second-order valence-electron chi connectivity index (χ2n) is 4.86. The van der Waals surface area contributed by atoms with Crippen LogP contribution >= 0.6 is 0 Å². The molecule has 0 saturated heterocycles. The van der Waals surface area contributed by atoms with Gasteiger partial charge in [0.25, 0.3) is 0 Å². The molecule has 0 amide bonds. The summed E-state index contributed by atoms with van der Waals surface area (Å²) >= 11 is 0. The van der Waals surface area contributed by atoms with Gasteiger partial charge in [0.2, 0.25) is 0 Å². The Kier molecular flexibility index (Phi) is 4.33. The molecule has 1 unspecified atom stereocenters. The molecule has 0 aliphatic heterocycles. The second kappa shape index (κ2) is 5.98. The van der Waals surface area contributed by atoms with Gasteiger partial charge in [0, 0.05) is 6.04 Å². The minimum atomic E-state index is -0.189. The average molecular weight is 257 g/mol. The Morgan fingerprint density at radius 2 is 1.79 bits per heavy atom. The standard InChI is InChI=1S/C17H20FN/c1-4-19-13(3)14-6-8-15(9-7-14)17-11-16(18)10-5-12(17)2/h5-11,13,19H,4H2,1-3H3. The molecule has 0 aromatic heterocycles. The van der Waals surface area contributed by atoms with Crippen molar-refractivity contribution in [3.63, 3.8) is 0 Å². The van der Waals surface area contributed by atoms with E-state index < -0.39 is 0 Å². The van der Waals surface area contributed by atoms with Gasteiger partial charge in [0.15, 0.2) is 0 Å². The number of aryl methyl sites for hydroxylation is 1. The van der Waals surface area contributed by atoms with E-state index in [0.29, 0.717) is 6.04 Å². The Labute approximate surface area is 114 Å². The summed E-state index contributed by atoms with van der Waals surface area (Å²) in [5.74, 6) is -0.189. The average Bonchev–Trinajstić information content (AvgIpc) is 2.42. The van der Waals surface area contributed by atoms with E-state index in [9.17, 15) is 4.39 Å². The number of hydrogen-bond donors (Lipinski definition) is 1. The molecule has 0 aliphatic carbocycles. The van der Waals surface area contributed by atoms with E-state index in [-0.39, 0.29) is 5.82 Å². The summed E-state index contributed by atoms with van der Waals surface area (Å²) in [5, 5.41) is 3.38. The van der Waals surface area contributed by atoms with E-state index in [1.54, 1.807) is 6.07 Å². The highest BCUT2D eigenvalue weighted by Gasteiger charge is 2.06. The Bertz CT molecular complexity index is 546. The van der Waals surface area contributed by atoms with E-state index in [1.165, 1.54) is 11.6 Å². The van der Waals surface area contributed by atoms with Gasteiger partial charge in [0.05, 0.1) is 0 Å². The lowest BCUT2D eigenvalue weighted by atomic mass is 9.98. The highest BCUT2D eigenvalue weighted by molar-refractivity contribution is 5.67. The molecule has 0 aliphatic rings. The van der Waals surface area contributed by atoms with Crippen LogP contribution in [0, 0.1) is 12.7 Å². The predicted octanol–water partition coefficient (Wildman–Crippen LogP) is 4.47. The first kappa shape index (κ1) is 13.8. The van der Waals surface area contributed by atoms with E-state index in [0.717, 1.165) is 23.2 Å². The van der Waals surface area contributed by atoms with Gasteiger partial charge in [-0.15, -0.1) is 0 Å². The zero-order valence-corrected chi connectivity index (χ0v) is 11.7. The molecule has 1 nitrogen and oxygen atoms in total. The van der Waals surface area contributed by atoms with E-state index in [1.807, 2.05) is 13.0 Å². The molecule has 19 heavy (non-hydrogen) atoms. The number of halogens is 1. The van der Waals surface area contributed by atoms with Crippen molar-refractivity contribution < 1.29 is 4.39 Å². The summed E-state index contributed by atoms with van der Waals surface area (Å²) in [5.41, 5.74) is 4.36. The fourth-order valence-electron chi connectivity index (χ4n) is 2.28. The highest BCUT2D eigenvalue weighted by Crippen LogP contribution is 2.25. The van der Waals surface area contributed by atoms with Crippen LogP contribution in [0.4, 0.5) is 4.39 Å². The Morgan fingerprint density at radius 1 is 1.11 bits per heavy atom. The molecule has 100 valence electrons. The van der Waals surface area contributed by atoms with E-state index in [2.05, 4.69) is 43.4 Å². The minimum absolute atomic E-state index is 0.189. The number of nitrogens with one attached hydrogen (secondary N) is 1. The summed E-state index contributed by atoms with van der Waals surface area (Å²) in [4.78, 5) is 0. The van der Waals surface area contributed by atoms with Crippen molar-refractivity contribution in [1.29, 1.82) is 0 Å². The summed E-state index contributed by atoms with van der Waals surface area (Å²) in [6.45, 7) is 7.20. The van der Waals surface area contributed by atoms with Crippen LogP contribution in [-0.4, -0.2) is 6.54 Å². The van der Waals surface area contributed by atoms with E-state index in [4.69, 9.17) is 0 Å². The normalized spacial score (nSPS) is 12.4. The molecule has 2 heteroatoms. The molecule has 2 rings (SSSR count). The van der Waals surface area contributed by atoms with Crippen molar-refractivity contribution >= 4 is 0 Å². The molecule has 1 N–H and O–H groups in total. The molecule has 0 spiro atoms. The minimum Gasteiger partial charge on any atom is -0.310 e. The molecule has 2 aromatic rings. The smallest absolute Gasteiger partial charge is 0.123 e. The summed E-state index contributed by atoms with van der Waals surface area (Å²) in [6, 6.07) is 13.6. The van der Waals surface area contributed by atoms with Gasteiger partial charge in [-0.1, -0.05) is 37.3 Å². The molecule has 0 heterocycles. The third kappa shape index (κ3) is 3.21. The number of benzene rings is 2. The second-order valence-corrected chi connectivity index (χ2v) is 4.86. The monoisotopic (exact) mass is 257 g/mol. The van der Waals surface area contributed by atoms with Gasteiger partial charge in [-0.25, -0.2) is 4.39 Å². The quantitative estimate of drug-likeness (QED) is 0.852. The maximum atomic E-state index is 13.3. The molecule has 1 atom stereocenters. The third-order valence-electron chi connectivity index (χ3n) is 3.43. The van der Waals surface area contributed by atoms with Crippen LogP contribution in [0.25, 0.3) is 11.1 Å². The van der Waals surface area contributed by atoms with Crippen LogP contribution in [0.2, 0.25) is 0 Å². The molecule has 2 aromatic carbocycles. The Hall–Kier alpha value is -1.67. The summed E-state index contributed by atoms with van der Waals surface area (Å²) in [7, 11) is 0. The van der Waals surface area contributed by atoms with Gasteiger partial charge >= 0.3 is 0 Å². The van der Waals surface area contributed by atoms with Crippen LogP contribution in [0.5, 0.6) is 0 Å². The predicted molar refractivity (Wildman–Crippen MR) is 78.7 cm³/mol. The summed E-state index contributed by atoms with van der Waals surface area (Å²) in [6.07, 6.45) is 0. The molecule has 0 radical (unpaired) electrons. The van der Waals surface area contributed by atoms with Crippen molar-refractivity contribution in [2.75, 3.05) is 6.54 Å². The van der Waals surface area contributed by atoms with Gasteiger partial charge < -0.3 is 5.32 Å². The van der Waals surface area contributed by atoms with Crippen LogP contribution < -0.4 is 5.32 Å². The molecule has 0 fully saturated rings. The van der Waals surface area contributed by atoms with Crippen molar-refractivity contribution in [2.45, 2.75) is 26.8 Å². The van der Waals surface area contributed by atoms with Gasteiger partial charge in [-0.2, -0.15) is 0 Å². The number of rotatable bonds is 4.